The van der Waals surface area contributed by atoms with Crippen molar-refractivity contribution in [3.8, 4) is 0 Å². The van der Waals surface area contributed by atoms with E-state index in [9.17, 15) is 13.6 Å². The normalized spacial score (nSPS) is 19.4. The van der Waals surface area contributed by atoms with Gasteiger partial charge in [-0.1, -0.05) is 37.3 Å². The van der Waals surface area contributed by atoms with Crippen molar-refractivity contribution in [3.63, 3.8) is 0 Å². The fourth-order valence-electron chi connectivity index (χ4n) is 4.37. The molecule has 8 heteroatoms. The van der Waals surface area contributed by atoms with Crippen LogP contribution in [0.15, 0.2) is 54.9 Å². The molecule has 4 aromatic rings. The number of carbonyl (C=O) groups is 1. The van der Waals surface area contributed by atoms with Crippen molar-refractivity contribution < 1.29 is 13.6 Å². The highest BCUT2D eigenvalue weighted by molar-refractivity contribution is 5.98. The van der Waals surface area contributed by atoms with Gasteiger partial charge < -0.3 is 4.90 Å². The monoisotopic (exact) mass is 421 g/mol. The fourth-order valence-corrected chi connectivity index (χ4v) is 4.37. The molecule has 0 saturated carbocycles. The van der Waals surface area contributed by atoms with Crippen LogP contribution in [0.4, 0.5) is 8.78 Å². The quantitative estimate of drug-likeness (QED) is 0.489. The minimum Gasteiger partial charge on any atom is -0.338 e. The number of nitrogens with zero attached hydrogens (tertiary/aromatic N) is 5. The van der Waals surface area contributed by atoms with E-state index in [1.807, 2.05) is 42.5 Å². The zero-order valence-corrected chi connectivity index (χ0v) is 16.9. The number of carbonyl (C=O) groups excluding carboxylic acids is 1. The van der Waals surface area contributed by atoms with Crippen LogP contribution >= 0.6 is 0 Å². The summed E-state index contributed by atoms with van der Waals surface area (Å²) in [6.45, 7) is 3.12. The van der Waals surface area contributed by atoms with E-state index in [2.05, 4.69) is 22.0 Å². The minimum atomic E-state index is -2.70. The van der Waals surface area contributed by atoms with Crippen LogP contribution in [-0.2, 0) is 0 Å². The van der Waals surface area contributed by atoms with Gasteiger partial charge >= 0.3 is 0 Å². The summed E-state index contributed by atoms with van der Waals surface area (Å²) in [5.41, 5.74) is 0.919. The Labute approximate surface area is 177 Å². The Balaban J connectivity index is 1.48. The van der Waals surface area contributed by atoms with Gasteiger partial charge in [0, 0.05) is 24.6 Å². The molecule has 1 saturated heterocycles. The van der Waals surface area contributed by atoms with Crippen molar-refractivity contribution in [2.75, 3.05) is 13.1 Å². The zero-order chi connectivity index (χ0) is 21.5. The van der Waals surface area contributed by atoms with Crippen LogP contribution in [0.3, 0.4) is 0 Å². The topological polar surface area (TPSA) is 63.4 Å². The number of hydrogen-bond acceptors (Lipinski definition) is 4. The second kappa shape index (κ2) is 7.68. The van der Waals surface area contributed by atoms with Gasteiger partial charge in [-0.25, -0.2) is 18.3 Å². The van der Waals surface area contributed by atoms with Crippen LogP contribution in [0.25, 0.3) is 16.6 Å². The summed E-state index contributed by atoms with van der Waals surface area (Å²) in [7, 11) is 0. The Bertz CT molecular complexity index is 1270. The molecule has 2 aromatic heterocycles. The maximum Gasteiger partial charge on any atom is 0.280 e. The van der Waals surface area contributed by atoms with E-state index in [1.165, 1.54) is 16.9 Å². The zero-order valence-electron chi connectivity index (χ0n) is 16.9. The fraction of sp³-hybridized carbons (Fsp3) is 0.304. The number of fused-ring (bicyclic) bond motifs is 2. The van der Waals surface area contributed by atoms with Gasteiger partial charge in [0.15, 0.2) is 0 Å². The van der Waals surface area contributed by atoms with Gasteiger partial charge in [-0.3, -0.25) is 4.79 Å². The first-order valence-corrected chi connectivity index (χ1v) is 10.3. The second-order valence-corrected chi connectivity index (χ2v) is 8.06. The molecule has 0 spiro atoms. The Hall–Kier alpha value is -3.42. The van der Waals surface area contributed by atoms with Crippen molar-refractivity contribution in [2.45, 2.75) is 25.7 Å². The lowest BCUT2D eigenvalue weighted by Crippen LogP contribution is -2.42. The molecule has 0 radical (unpaired) electrons. The van der Waals surface area contributed by atoms with E-state index in [-0.39, 0.29) is 29.2 Å². The Morgan fingerprint density at radius 3 is 2.74 bits per heavy atom. The van der Waals surface area contributed by atoms with Gasteiger partial charge in [-0.15, -0.1) is 0 Å². The first-order valence-electron chi connectivity index (χ1n) is 10.3. The highest BCUT2D eigenvalue weighted by Crippen LogP contribution is 2.34. The van der Waals surface area contributed by atoms with Gasteiger partial charge in [0.2, 0.25) is 0 Å². The number of rotatable bonds is 3. The molecule has 1 unspecified atom stereocenters. The molecule has 0 bridgehead atoms. The molecular weight excluding hydrogens is 400 g/mol. The molecule has 6 nitrogen and oxygen atoms in total. The molecule has 1 fully saturated rings. The Morgan fingerprint density at radius 1 is 1.13 bits per heavy atom. The van der Waals surface area contributed by atoms with Crippen molar-refractivity contribution >= 4 is 22.5 Å². The maximum atomic E-state index is 13.4. The van der Waals surface area contributed by atoms with Gasteiger partial charge in [0.1, 0.15) is 12.0 Å². The van der Waals surface area contributed by atoms with Crippen molar-refractivity contribution in [2.24, 2.45) is 5.92 Å². The van der Waals surface area contributed by atoms with Gasteiger partial charge in [-0.05, 0) is 41.3 Å². The van der Waals surface area contributed by atoms with E-state index >= 15 is 0 Å². The predicted molar refractivity (Wildman–Crippen MR) is 112 cm³/mol. The van der Waals surface area contributed by atoms with E-state index in [4.69, 9.17) is 0 Å². The van der Waals surface area contributed by atoms with Crippen LogP contribution < -0.4 is 0 Å². The van der Waals surface area contributed by atoms with Crippen molar-refractivity contribution in [1.82, 2.24) is 24.5 Å². The van der Waals surface area contributed by atoms with Gasteiger partial charge in [-0.2, -0.15) is 10.1 Å². The number of hydrogen-bond donors (Lipinski definition) is 0. The molecule has 0 N–H and O–H groups in total. The van der Waals surface area contributed by atoms with Crippen LogP contribution in [0.1, 0.15) is 47.4 Å². The molecule has 2 aromatic carbocycles. The third kappa shape index (κ3) is 3.52. The van der Waals surface area contributed by atoms with Gasteiger partial charge in [0.05, 0.1) is 5.69 Å². The highest BCUT2D eigenvalue weighted by atomic mass is 19.3. The summed E-state index contributed by atoms with van der Waals surface area (Å²) in [5, 5.41) is 6.27. The van der Waals surface area contributed by atoms with E-state index < -0.39 is 6.43 Å². The third-order valence-electron chi connectivity index (χ3n) is 6.14. The average molecular weight is 421 g/mol. The SMILES string of the molecule is C[C@@H]1CCN(C(=O)c2ccc3ccccc3c2)CC1c1cc(C(F)F)nc2ncnn12. The predicted octanol–water partition coefficient (Wildman–Crippen LogP) is 4.48. The number of aromatic nitrogens is 4. The molecule has 2 atom stereocenters. The van der Waals surface area contributed by atoms with Crippen molar-refractivity contribution in [3.05, 3.63) is 71.8 Å². The van der Waals surface area contributed by atoms with Crippen LogP contribution in [0.5, 0.6) is 0 Å². The maximum absolute atomic E-state index is 13.4. The molecule has 1 amide bonds. The molecule has 1 aliphatic heterocycles. The van der Waals surface area contributed by atoms with E-state index in [0.717, 1.165) is 17.2 Å². The number of halogens is 2. The molecule has 31 heavy (non-hydrogen) atoms. The Kier molecular flexibility index (Phi) is 4.84. The molecule has 1 aliphatic rings. The lowest BCUT2D eigenvalue weighted by molar-refractivity contribution is 0.0665. The average Bonchev–Trinajstić information content (AvgIpc) is 3.27. The highest BCUT2D eigenvalue weighted by Gasteiger charge is 2.33. The minimum absolute atomic E-state index is 0.0550. The number of amides is 1. The molecule has 3 heterocycles. The largest absolute Gasteiger partial charge is 0.338 e. The van der Waals surface area contributed by atoms with Crippen LogP contribution in [-0.4, -0.2) is 43.5 Å². The number of benzene rings is 2. The third-order valence-corrected chi connectivity index (χ3v) is 6.14. The van der Waals surface area contributed by atoms with Crippen LogP contribution in [0.2, 0.25) is 0 Å². The first-order chi connectivity index (χ1) is 15.0. The number of piperidine rings is 1. The van der Waals surface area contributed by atoms with E-state index in [0.29, 0.717) is 24.3 Å². The lowest BCUT2D eigenvalue weighted by Gasteiger charge is -2.37. The van der Waals surface area contributed by atoms with Crippen molar-refractivity contribution in [1.29, 1.82) is 0 Å². The standard InChI is InChI=1S/C23H21F2N5O/c1-14-8-9-29(22(31)17-7-6-15-4-2-3-5-16(15)10-17)12-18(14)20-11-19(21(24)25)28-23-26-13-27-30(20)23/h2-7,10-11,13-14,18,21H,8-9,12H2,1H3/t14-,18?/m1/s1. The van der Waals surface area contributed by atoms with Crippen LogP contribution in [0, 0.1) is 5.92 Å². The molecule has 5 rings (SSSR count). The molecular formula is C23H21F2N5O. The summed E-state index contributed by atoms with van der Waals surface area (Å²) < 4.78 is 28.3. The summed E-state index contributed by atoms with van der Waals surface area (Å²) in [4.78, 5) is 23.0. The lowest BCUT2D eigenvalue weighted by atomic mass is 9.84. The van der Waals surface area contributed by atoms with E-state index in [1.54, 1.807) is 4.90 Å². The second-order valence-electron chi connectivity index (χ2n) is 8.06. The summed E-state index contributed by atoms with van der Waals surface area (Å²) in [6.07, 6.45) is -0.617. The number of likely N-dealkylation sites (tertiary alicyclic amines) is 1. The summed E-state index contributed by atoms with van der Waals surface area (Å²) >= 11 is 0. The smallest absolute Gasteiger partial charge is 0.280 e. The van der Waals surface area contributed by atoms with Gasteiger partial charge in [0.25, 0.3) is 18.1 Å². The molecule has 0 aliphatic carbocycles. The first kappa shape index (κ1) is 19.5. The summed E-state index contributed by atoms with van der Waals surface area (Å²) in [5.74, 6) is 0.141. The summed E-state index contributed by atoms with van der Waals surface area (Å²) in [6, 6.07) is 15.0. The number of alkyl halides is 2. The Morgan fingerprint density at radius 2 is 1.94 bits per heavy atom. The molecule has 158 valence electrons.